The summed E-state index contributed by atoms with van der Waals surface area (Å²) >= 11 is 0. The van der Waals surface area contributed by atoms with Gasteiger partial charge in [-0.1, -0.05) is 6.92 Å². The van der Waals surface area contributed by atoms with Gasteiger partial charge in [0.1, 0.15) is 0 Å². The van der Waals surface area contributed by atoms with Crippen molar-refractivity contribution in [2.24, 2.45) is 5.73 Å². The summed E-state index contributed by atoms with van der Waals surface area (Å²) < 4.78 is 5.83. The predicted molar refractivity (Wildman–Crippen MR) is 61.8 cm³/mol. The monoisotopic (exact) mass is 212 g/mol. The van der Waals surface area contributed by atoms with E-state index in [-0.39, 0.29) is 5.54 Å². The second-order valence-electron chi connectivity index (χ2n) is 5.24. The van der Waals surface area contributed by atoms with Crippen LogP contribution in [0.25, 0.3) is 0 Å². The fourth-order valence-electron chi connectivity index (χ4n) is 3.63. The molecule has 0 saturated carbocycles. The van der Waals surface area contributed by atoms with E-state index in [1.807, 2.05) is 0 Å². The molecule has 0 amide bonds. The first kappa shape index (κ1) is 11.4. The highest BCUT2D eigenvalue weighted by molar-refractivity contribution is 5.07. The van der Waals surface area contributed by atoms with Crippen molar-refractivity contribution in [1.29, 1.82) is 0 Å². The zero-order chi connectivity index (χ0) is 11.1. The average molecular weight is 212 g/mol. The maximum atomic E-state index is 6.34. The Morgan fingerprint density at radius 2 is 1.93 bits per heavy atom. The molecule has 2 saturated heterocycles. The standard InChI is InChI=1S/C12H24N2O/c1-4-14-6-5-11(13)12(14)7-9(2)15-10(3)8-12/h9-11H,4-8,13H2,1-3H3/t9-,10+,11?,12?. The minimum absolute atomic E-state index is 0.228. The molecule has 0 radical (unpaired) electrons. The van der Waals surface area contributed by atoms with E-state index in [9.17, 15) is 0 Å². The van der Waals surface area contributed by atoms with Gasteiger partial charge < -0.3 is 10.5 Å². The Morgan fingerprint density at radius 1 is 1.33 bits per heavy atom. The summed E-state index contributed by atoms with van der Waals surface area (Å²) in [7, 11) is 0. The van der Waals surface area contributed by atoms with Gasteiger partial charge in [0.15, 0.2) is 0 Å². The van der Waals surface area contributed by atoms with Gasteiger partial charge in [0.2, 0.25) is 0 Å². The first-order chi connectivity index (χ1) is 7.08. The molecule has 2 unspecified atom stereocenters. The molecule has 2 N–H and O–H groups in total. The number of ether oxygens (including phenoxy) is 1. The van der Waals surface area contributed by atoms with E-state index in [1.165, 1.54) is 0 Å². The van der Waals surface area contributed by atoms with Crippen LogP contribution in [-0.4, -0.2) is 41.8 Å². The number of nitrogens with zero attached hydrogens (tertiary/aromatic N) is 1. The van der Waals surface area contributed by atoms with Crippen LogP contribution in [0.1, 0.15) is 40.0 Å². The van der Waals surface area contributed by atoms with Gasteiger partial charge in [-0.05, 0) is 39.7 Å². The van der Waals surface area contributed by atoms with Crippen LogP contribution >= 0.6 is 0 Å². The zero-order valence-electron chi connectivity index (χ0n) is 10.2. The third-order valence-electron chi connectivity index (χ3n) is 4.16. The summed E-state index contributed by atoms with van der Waals surface area (Å²) in [5.74, 6) is 0. The van der Waals surface area contributed by atoms with E-state index in [0.717, 1.165) is 32.4 Å². The fraction of sp³-hybridized carbons (Fsp3) is 1.00. The summed E-state index contributed by atoms with van der Waals surface area (Å²) in [4.78, 5) is 2.58. The van der Waals surface area contributed by atoms with Gasteiger partial charge in [-0.25, -0.2) is 0 Å². The summed E-state index contributed by atoms with van der Waals surface area (Å²) in [5, 5.41) is 0. The van der Waals surface area contributed by atoms with Crippen LogP contribution in [0.3, 0.4) is 0 Å². The smallest absolute Gasteiger partial charge is 0.0568 e. The highest BCUT2D eigenvalue weighted by Gasteiger charge is 2.50. The Bertz CT molecular complexity index is 222. The number of hydrogen-bond donors (Lipinski definition) is 1. The third-order valence-corrected chi connectivity index (χ3v) is 4.16. The van der Waals surface area contributed by atoms with E-state index in [0.29, 0.717) is 18.2 Å². The SMILES string of the molecule is CCN1CCC(N)C12C[C@@H](C)O[C@@H](C)C2. The van der Waals surface area contributed by atoms with E-state index < -0.39 is 0 Å². The molecule has 1 spiro atoms. The first-order valence-electron chi connectivity index (χ1n) is 6.24. The topological polar surface area (TPSA) is 38.5 Å². The first-order valence-corrected chi connectivity index (χ1v) is 6.24. The largest absolute Gasteiger partial charge is 0.375 e. The van der Waals surface area contributed by atoms with Crippen molar-refractivity contribution in [1.82, 2.24) is 4.90 Å². The van der Waals surface area contributed by atoms with Crippen LogP contribution in [0, 0.1) is 0 Å². The van der Waals surface area contributed by atoms with Crippen molar-refractivity contribution in [3.05, 3.63) is 0 Å². The molecule has 15 heavy (non-hydrogen) atoms. The molecule has 2 fully saturated rings. The van der Waals surface area contributed by atoms with Crippen molar-refractivity contribution >= 4 is 0 Å². The minimum atomic E-state index is 0.228. The van der Waals surface area contributed by atoms with Crippen molar-refractivity contribution in [3.8, 4) is 0 Å². The van der Waals surface area contributed by atoms with Gasteiger partial charge in [0, 0.05) is 18.1 Å². The van der Waals surface area contributed by atoms with Crippen molar-refractivity contribution in [3.63, 3.8) is 0 Å². The number of rotatable bonds is 1. The summed E-state index contributed by atoms with van der Waals surface area (Å²) in [5.41, 5.74) is 6.57. The lowest BCUT2D eigenvalue weighted by Gasteiger charge is -2.48. The normalized spacial score (nSPS) is 47.6. The number of likely N-dealkylation sites (tertiary alicyclic amines) is 1. The average Bonchev–Trinajstić information content (AvgIpc) is 2.42. The molecule has 2 aliphatic heterocycles. The second kappa shape index (κ2) is 4.04. The van der Waals surface area contributed by atoms with E-state index >= 15 is 0 Å². The van der Waals surface area contributed by atoms with Gasteiger partial charge in [-0.3, -0.25) is 4.90 Å². The van der Waals surface area contributed by atoms with Crippen molar-refractivity contribution in [2.45, 2.75) is 63.8 Å². The molecule has 88 valence electrons. The molecule has 2 heterocycles. The molecule has 0 aromatic heterocycles. The highest BCUT2D eigenvalue weighted by atomic mass is 16.5. The predicted octanol–water partition coefficient (Wildman–Crippen LogP) is 1.37. The summed E-state index contributed by atoms with van der Waals surface area (Å²) in [6.07, 6.45) is 4.06. The van der Waals surface area contributed by atoms with Crippen LogP contribution in [0.15, 0.2) is 0 Å². The molecule has 0 aliphatic carbocycles. The lowest BCUT2D eigenvalue weighted by molar-refractivity contribution is -0.0978. The molecule has 3 heteroatoms. The van der Waals surface area contributed by atoms with E-state index in [2.05, 4.69) is 25.7 Å². The Hall–Kier alpha value is -0.120. The minimum Gasteiger partial charge on any atom is -0.375 e. The summed E-state index contributed by atoms with van der Waals surface area (Å²) in [6, 6.07) is 0.339. The van der Waals surface area contributed by atoms with Crippen molar-refractivity contribution in [2.75, 3.05) is 13.1 Å². The van der Waals surface area contributed by atoms with Gasteiger partial charge in [-0.2, -0.15) is 0 Å². The van der Waals surface area contributed by atoms with Gasteiger partial charge in [0.05, 0.1) is 12.2 Å². The van der Waals surface area contributed by atoms with E-state index in [1.54, 1.807) is 0 Å². The molecule has 0 aromatic rings. The molecular weight excluding hydrogens is 188 g/mol. The van der Waals surface area contributed by atoms with Crippen LogP contribution in [0.5, 0.6) is 0 Å². The molecular formula is C12H24N2O. The molecule has 0 bridgehead atoms. The third kappa shape index (κ3) is 1.81. The number of likely N-dealkylation sites (N-methyl/N-ethyl adjacent to an activating group) is 1. The van der Waals surface area contributed by atoms with Crippen LogP contribution in [0.2, 0.25) is 0 Å². The lowest BCUT2D eigenvalue weighted by atomic mass is 9.79. The molecule has 3 nitrogen and oxygen atoms in total. The van der Waals surface area contributed by atoms with Crippen molar-refractivity contribution < 1.29 is 4.74 Å². The second-order valence-corrected chi connectivity index (χ2v) is 5.24. The molecule has 0 aromatic carbocycles. The number of hydrogen-bond acceptors (Lipinski definition) is 3. The molecule has 2 rings (SSSR count). The molecule has 4 atom stereocenters. The quantitative estimate of drug-likeness (QED) is 0.713. The lowest BCUT2D eigenvalue weighted by Crippen LogP contribution is -2.59. The van der Waals surface area contributed by atoms with Gasteiger partial charge >= 0.3 is 0 Å². The van der Waals surface area contributed by atoms with E-state index in [4.69, 9.17) is 10.5 Å². The summed E-state index contributed by atoms with van der Waals surface area (Å²) in [6.45, 7) is 8.88. The van der Waals surface area contributed by atoms with Crippen LogP contribution in [-0.2, 0) is 4.74 Å². The van der Waals surface area contributed by atoms with Gasteiger partial charge in [0.25, 0.3) is 0 Å². The Labute approximate surface area is 93.0 Å². The zero-order valence-corrected chi connectivity index (χ0v) is 10.2. The van der Waals surface area contributed by atoms with Crippen LogP contribution in [0.4, 0.5) is 0 Å². The number of nitrogens with two attached hydrogens (primary N) is 1. The Kier molecular flexibility index (Phi) is 3.06. The Balaban J connectivity index is 2.21. The maximum Gasteiger partial charge on any atom is 0.0568 e. The fourth-order valence-corrected chi connectivity index (χ4v) is 3.63. The highest BCUT2D eigenvalue weighted by Crippen LogP contribution is 2.40. The van der Waals surface area contributed by atoms with Crippen LogP contribution < -0.4 is 5.73 Å². The molecule has 2 aliphatic rings. The maximum absolute atomic E-state index is 6.34. The van der Waals surface area contributed by atoms with Gasteiger partial charge in [-0.15, -0.1) is 0 Å². The Morgan fingerprint density at radius 3 is 2.47 bits per heavy atom.